The lowest BCUT2D eigenvalue weighted by atomic mass is 10.1. The number of carbonyl (C=O) groups is 1. The normalized spacial score (nSPS) is 10.3. The number of aromatic nitrogens is 2. The second-order valence-corrected chi connectivity index (χ2v) is 4.86. The fourth-order valence-electron chi connectivity index (χ4n) is 1.51. The molecule has 1 heterocycles. The number of benzene rings is 1. The largest absolute Gasteiger partial charge is 0.438 e. The average Bonchev–Trinajstić information content (AvgIpc) is 2.43. The first-order valence-electron chi connectivity index (χ1n) is 5.75. The Bertz CT molecular complexity index is 614. The zero-order valence-electron chi connectivity index (χ0n) is 11.0. The number of nitrogens with zero attached hydrogens (tertiary/aromatic N) is 2. The van der Waals surface area contributed by atoms with Gasteiger partial charge in [0.2, 0.25) is 5.88 Å². The summed E-state index contributed by atoms with van der Waals surface area (Å²) >= 11 is 1.40. The molecule has 0 unspecified atom stereocenters. The summed E-state index contributed by atoms with van der Waals surface area (Å²) in [5.41, 5.74) is 2.66. The Kier molecular flexibility index (Phi) is 4.16. The average molecular weight is 274 g/mol. The molecule has 19 heavy (non-hydrogen) atoms. The molecule has 4 nitrogen and oxygen atoms in total. The third-order valence-corrected chi connectivity index (χ3v) is 3.32. The molecule has 2 rings (SSSR count). The first kappa shape index (κ1) is 13.5. The van der Waals surface area contributed by atoms with Crippen LogP contribution in [0.15, 0.2) is 29.6 Å². The highest BCUT2D eigenvalue weighted by atomic mass is 32.2. The zero-order chi connectivity index (χ0) is 13.8. The molecule has 5 heteroatoms. The second-order valence-electron chi connectivity index (χ2n) is 4.08. The summed E-state index contributed by atoms with van der Waals surface area (Å²) in [6.07, 6.45) is 4.04. The van der Waals surface area contributed by atoms with Crippen LogP contribution in [0, 0.1) is 13.8 Å². The maximum absolute atomic E-state index is 11.0. The van der Waals surface area contributed by atoms with E-state index in [1.165, 1.54) is 23.5 Å². The minimum absolute atomic E-state index is 0.289. The van der Waals surface area contributed by atoms with Crippen molar-refractivity contribution in [3.8, 4) is 11.6 Å². The van der Waals surface area contributed by atoms with Crippen molar-refractivity contribution in [2.45, 2.75) is 19.0 Å². The smallest absolute Gasteiger partial charge is 0.233 e. The van der Waals surface area contributed by atoms with E-state index >= 15 is 0 Å². The number of thioether (sulfide) groups is 1. The maximum Gasteiger partial charge on any atom is 0.233 e. The number of hydrogen-bond acceptors (Lipinski definition) is 5. The molecule has 0 bridgehead atoms. The Morgan fingerprint density at radius 2 is 2.05 bits per heavy atom. The third-order valence-electron chi connectivity index (χ3n) is 2.76. The first-order valence-corrected chi connectivity index (χ1v) is 6.98. The Hall–Kier alpha value is -1.88. The lowest BCUT2D eigenvalue weighted by molar-refractivity contribution is 0.112. The van der Waals surface area contributed by atoms with E-state index in [9.17, 15) is 4.79 Å². The van der Waals surface area contributed by atoms with Crippen molar-refractivity contribution in [1.29, 1.82) is 0 Å². The summed E-state index contributed by atoms with van der Waals surface area (Å²) in [5.74, 6) is 0.953. The van der Waals surface area contributed by atoms with E-state index in [2.05, 4.69) is 9.97 Å². The van der Waals surface area contributed by atoms with Crippen LogP contribution < -0.4 is 4.74 Å². The quantitative estimate of drug-likeness (QED) is 0.486. The molecule has 0 amide bonds. The van der Waals surface area contributed by atoms with Crippen molar-refractivity contribution in [3.63, 3.8) is 0 Å². The van der Waals surface area contributed by atoms with Gasteiger partial charge in [-0.2, -0.15) is 4.98 Å². The topological polar surface area (TPSA) is 52.1 Å². The van der Waals surface area contributed by atoms with Gasteiger partial charge in [0.05, 0.1) is 5.56 Å². The molecule has 0 saturated heterocycles. The van der Waals surface area contributed by atoms with Crippen molar-refractivity contribution in [2.75, 3.05) is 6.26 Å². The van der Waals surface area contributed by atoms with Crippen LogP contribution in [0.1, 0.15) is 21.5 Å². The molecular weight excluding hydrogens is 260 g/mol. The number of aryl methyl sites for hydroxylation is 2. The first-order chi connectivity index (χ1) is 9.13. The molecule has 0 atom stereocenters. The number of hydrogen-bond donors (Lipinski definition) is 0. The lowest BCUT2D eigenvalue weighted by Crippen LogP contribution is -1.97. The van der Waals surface area contributed by atoms with Gasteiger partial charge >= 0.3 is 0 Å². The summed E-state index contributed by atoms with van der Waals surface area (Å²) in [4.78, 5) is 19.2. The van der Waals surface area contributed by atoms with E-state index < -0.39 is 0 Å². The van der Waals surface area contributed by atoms with E-state index in [0.29, 0.717) is 22.8 Å². The van der Waals surface area contributed by atoms with Crippen molar-refractivity contribution in [2.24, 2.45) is 0 Å². The SMILES string of the molecule is CSc1ncc(C=O)c(Oc2ccc(C)c(C)c2)n1. The van der Waals surface area contributed by atoms with Gasteiger partial charge in [0, 0.05) is 6.20 Å². The Labute approximate surface area is 116 Å². The molecule has 0 aliphatic heterocycles. The summed E-state index contributed by atoms with van der Waals surface area (Å²) < 4.78 is 5.68. The van der Waals surface area contributed by atoms with E-state index in [0.717, 1.165) is 5.56 Å². The highest BCUT2D eigenvalue weighted by Gasteiger charge is 2.09. The van der Waals surface area contributed by atoms with Crippen molar-refractivity contribution in [3.05, 3.63) is 41.1 Å². The molecule has 0 saturated carbocycles. The summed E-state index contributed by atoms with van der Waals surface area (Å²) in [7, 11) is 0. The standard InChI is InChI=1S/C14H14N2O2S/c1-9-4-5-12(6-10(9)2)18-13-11(8-17)7-15-14(16-13)19-3/h4-8H,1-3H3. The summed E-state index contributed by atoms with van der Waals surface area (Å²) in [5, 5.41) is 0.574. The van der Waals surface area contributed by atoms with Crippen LogP contribution in [-0.4, -0.2) is 22.5 Å². The second kappa shape index (κ2) is 5.84. The highest BCUT2D eigenvalue weighted by Crippen LogP contribution is 2.25. The number of aldehydes is 1. The van der Waals surface area contributed by atoms with Gasteiger partial charge in [-0.25, -0.2) is 4.98 Å². The van der Waals surface area contributed by atoms with E-state index in [1.807, 2.05) is 38.3 Å². The predicted octanol–water partition coefficient (Wildman–Crippen LogP) is 3.42. The number of ether oxygens (including phenoxy) is 1. The van der Waals surface area contributed by atoms with Gasteiger partial charge in [-0.15, -0.1) is 0 Å². The van der Waals surface area contributed by atoms with Crippen molar-refractivity contribution >= 4 is 18.0 Å². The van der Waals surface area contributed by atoms with E-state index in [1.54, 1.807) is 0 Å². The summed E-state index contributed by atoms with van der Waals surface area (Å²) in [6, 6.07) is 5.75. The molecule has 0 aliphatic rings. The van der Waals surface area contributed by atoms with Crippen LogP contribution in [0.2, 0.25) is 0 Å². The Morgan fingerprint density at radius 3 is 2.68 bits per heavy atom. The van der Waals surface area contributed by atoms with Crippen LogP contribution in [0.3, 0.4) is 0 Å². The number of carbonyl (C=O) groups excluding carboxylic acids is 1. The fourth-order valence-corrected chi connectivity index (χ4v) is 1.84. The molecule has 0 aliphatic carbocycles. The molecule has 1 aromatic carbocycles. The monoisotopic (exact) mass is 274 g/mol. The molecule has 98 valence electrons. The van der Waals surface area contributed by atoms with Gasteiger partial charge in [-0.1, -0.05) is 17.8 Å². The van der Waals surface area contributed by atoms with Crippen molar-refractivity contribution < 1.29 is 9.53 Å². The maximum atomic E-state index is 11.0. The van der Waals surface area contributed by atoms with Gasteiger partial charge in [0.15, 0.2) is 11.4 Å². The third kappa shape index (κ3) is 3.12. The van der Waals surface area contributed by atoms with Crippen LogP contribution in [0.4, 0.5) is 0 Å². The van der Waals surface area contributed by atoms with Gasteiger partial charge < -0.3 is 4.74 Å². The molecule has 2 aromatic rings. The molecule has 0 spiro atoms. The van der Waals surface area contributed by atoms with Crippen molar-refractivity contribution in [1.82, 2.24) is 9.97 Å². The van der Waals surface area contributed by atoms with Gasteiger partial charge in [-0.05, 0) is 43.4 Å². The zero-order valence-corrected chi connectivity index (χ0v) is 11.8. The van der Waals surface area contributed by atoms with Gasteiger partial charge in [0.1, 0.15) is 5.75 Å². The van der Waals surface area contributed by atoms with Gasteiger partial charge in [-0.3, -0.25) is 4.79 Å². The highest BCUT2D eigenvalue weighted by molar-refractivity contribution is 7.98. The van der Waals surface area contributed by atoms with E-state index in [-0.39, 0.29) is 5.88 Å². The van der Waals surface area contributed by atoms with Crippen LogP contribution >= 0.6 is 11.8 Å². The molecule has 0 N–H and O–H groups in total. The lowest BCUT2D eigenvalue weighted by Gasteiger charge is -2.09. The van der Waals surface area contributed by atoms with E-state index in [4.69, 9.17) is 4.74 Å². The van der Waals surface area contributed by atoms with Gasteiger partial charge in [0.25, 0.3) is 0 Å². The predicted molar refractivity (Wildman–Crippen MR) is 75.2 cm³/mol. The minimum Gasteiger partial charge on any atom is -0.438 e. The minimum atomic E-state index is 0.289. The molecule has 1 aromatic heterocycles. The van der Waals surface area contributed by atoms with Crippen LogP contribution in [0.5, 0.6) is 11.6 Å². The fraction of sp³-hybridized carbons (Fsp3) is 0.214. The molecule has 0 radical (unpaired) electrons. The molecular formula is C14H14N2O2S. The van der Waals surface area contributed by atoms with Crippen LogP contribution in [0.25, 0.3) is 0 Å². The summed E-state index contributed by atoms with van der Waals surface area (Å²) in [6.45, 7) is 4.04. The Morgan fingerprint density at radius 1 is 1.26 bits per heavy atom. The van der Waals surface area contributed by atoms with Crippen LogP contribution in [-0.2, 0) is 0 Å². The molecule has 0 fully saturated rings. The number of rotatable bonds is 4. The Balaban J connectivity index is 2.35.